The molecule has 0 aliphatic heterocycles. The lowest BCUT2D eigenvalue weighted by molar-refractivity contribution is -0.122. The fourth-order valence-corrected chi connectivity index (χ4v) is 2.53. The summed E-state index contributed by atoms with van der Waals surface area (Å²) in [5, 5.41) is 2.67. The van der Waals surface area contributed by atoms with E-state index in [0.717, 1.165) is 4.31 Å². The molecule has 1 heterocycles. The summed E-state index contributed by atoms with van der Waals surface area (Å²) >= 11 is 0. The monoisotopic (exact) mass is 372 g/mol. The fraction of sp³-hybridized carbons (Fsp3) is 0.500. The molecule has 0 saturated carbocycles. The highest BCUT2D eigenvalue weighted by Crippen LogP contribution is 2.12. The lowest BCUT2D eigenvalue weighted by Gasteiger charge is -2.25. The average Bonchev–Trinajstić information content (AvgIpc) is 2.39. The molecule has 0 radical (unpaired) electrons. The van der Waals surface area contributed by atoms with E-state index in [4.69, 9.17) is 5.73 Å². The van der Waals surface area contributed by atoms with Crippen molar-refractivity contribution in [1.29, 1.82) is 0 Å². The first kappa shape index (κ1) is 23.3. The summed E-state index contributed by atoms with van der Waals surface area (Å²) in [6.45, 7) is 3.51. The Hall–Kier alpha value is -0.930. The van der Waals surface area contributed by atoms with Gasteiger partial charge < -0.3 is 11.1 Å². The smallest absolute Gasteiger partial charge is 0.244 e. The summed E-state index contributed by atoms with van der Waals surface area (Å²) in [5.74, 6) is -0.407. The lowest BCUT2D eigenvalue weighted by atomic mass is 10.1. The van der Waals surface area contributed by atoms with Crippen molar-refractivity contribution in [3.05, 3.63) is 24.5 Å². The van der Waals surface area contributed by atoms with Crippen molar-refractivity contribution in [2.75, 3.05) is 20.1 Å². The topological polar surface area (TPSA) is 105 Å². The van der Waals surface area contributed by atoms with Gasteiger partial charge in [-0.3, -0.25) is 9.78 Å². The normalized spacial score (nSPS) is 11.3. The number of pyridine rings is 1. The number of likely N-dealkylation sites (N-methyl/N-ethyl adjacent to an activating group) is 1. The molecular weight excluding hydrogens is 351 g/mol. The number of rotatable bonds is 6. The van der Waals surface area contributed by atoms with E-state index in [1.807, 2.05) is 0 Å². The zero-order valence-electron chi connectivity index (χ0n) is 12.6. The van der Waals surface area contributed by atoms with Crippen molar-refractivity contribution in [1.82, 2.24) is 14.6 Å². The summed E-state index contributed by atoms with van der Waals surface area (Å²) in [6.07, 6.45) is 2.73. The fourth-order valence-electron chi connectivity index (χ4n) is 1.43. The molecule has 1 rings (SSSR count). The van der Waals surface area contributed by atoms with Crippen LogP contribution in [0, 0.1) is 0 Å². The van der Waals surface area contributed by atoms with E-state index in [2.05, 4.69) is 10.3 Å². The van der Waals surface area contributed by atoms with E-state index < -0.39 is 21.5 Å². The first-order chi connectivity index (χ1) is 9.19. The second kappa shape index (κ2) is 9.26. The molecule has 3 N–H and O–H groups in total. The summed E-state index contributed by atoms with van der Waals surface area (Å²) in [7, 11) is -2.37. The number of halogens is 2. The maximum Gasteiger partial charge on any atom is 0.244 e. The van der Waals surface area contributed by atoms with Crippen LogP contribution in [0.3, 0.4) is 0 Å². The molecular formula is C12H22Cl2N4O3S. The standard InChI is InChI=1S/C12H20N4O3S.2ClH/c1-12(2,9-13)15-11(17)8-16(3)20(18,19)10-5-4-6-14-7-10;;/h4-7H,8-9,13H2,1-3H3,(H,15,17);2*1H. The molecule has 0 aliphatic rings. The molecule has 0 aliphatic carbocycles. The molecule has 1 amide bonds. The number of nitrogens with zero attached hydrogens (tertiary/aromatic N) is 2. The Morgan fingerprint density at radius 2 is 2.00 bits per heavy atom. The van der Waals surface area contributed by atoms with Crippen molar-refractivity contribution in [2.45, 2.75) is 24.3 Å². The third kappa shape index (κ3) is 6.45. The third-order valence-corrected chi connectivity index (χ3v) is 4.48. The Morgan fingerprint density at radius 3 is 2.45 bits per heavy atom. The van der Waals surface area contributed by atoms with Gasteiger partial charge in [0, 0.05) is 31.5 Å². The maximum atomic E-state index is 12.2. The number of nitrogens with two attached hydrogens (primary N) is 1. The van der Waals surface area contributed by atoms with Crippen LogP contribution in [0.4, 0.5) is 0 Å². The molecule has 1 aromatic rings. The zero-order chi connectivity index (χ0) is 15.4. The van der Waals surface area contributed by atoms with E-state index in [1.54, 1.807) is 13.8 Å². The number of amides is 1. The van der Waals surface area contributed by atoms with Crippen molar-refractivity contribution >= 4 is 40.7 Å². The molecule has 22 heavy (non-hydrogen) atoms. The van der Waals surface area contributed by atoms with Crippen LogP contribution < -0.4 is 11.1 Å². The molecule has 0 unspecified atom stereocenters. The van der Waals surface area contributed by atoms with Crippen molar-refractivity contribution < 1.29 is 13.2 Å². The Morgan fingerprint density at radius 1 is 1.41 bits per heavy atom. The molecule has 0 saturated heterocycles. The predicted molar refractivity (Wildman–Crippen MR) is 89.8 cm³/mol. The summed E-state index contributed by atoms with van der Waals surface area (Å²) in [5.41, 5.74) is 4.93. The molecule has 0 atom stereocenters. The number of hydrogen-bond acceptors (Lipinski definition) is 5. The number of sulfonamides is 1. The number of carbonyl (C=O) groups is 1. The minimum atomic E-state index is -3.72. The minimum Gasteiger partial charge on any atom is -0.349 e. The Labute approximate surface area is 143 Å². The quantitative estimate of drug-likeness (QED) is 0.751. The highest BCUT2D eigenvalue weighted by molar-refractivity contribution is 7.89. The second-order valence-electron chi connectivity index (χ2n) is 5.09. The van der Waals surface area contributed by atoms with Gasteiger partial charge in [-0.25, -0.2) is 8.42 Å². The number of nitrogens with one attached hydrogen (secondary N) is 1. The van der Waals surface area contributed by atoms with Gasteiger partial charge in [0.2, 0.25) is 15.9 Å². The minimum absolute atomic E-state index is 0. The van der Waals surface area contributed by atoms with Gasteiger partial charge in [0.25, 0.3) is 0 Å². The van der Waals surface area contributed by atoms with E-state index >= 15 is 0 Å². The molecule has 0 bridgehead atoms. The van der Waals surface area contributed by atoms with Gasteiger partial charge in [-0.2, -0.15) is 4.31 Å². The van der Waals surface area contributed by atoms with Gasteiger partial charge in [-0.05, 0) is 26.0 Å². The van der Waals surface area contributed by atoms with E-state index in [1.165, 1.54) is 31.6 Å². The molecule has 0 fully saturated rings. The van der Waals surface area contributed by atoms with E-state index in [9.17, 15) is 13.2 Å². The van der Waals surface area contributed by atoms with Gasteiger partial charge in [-0.15, -0.1) is 24.8 Å². The second-order valence-corrected chi connectivity index (χ2v) is 7.13. The Kier molecular flexibility index (Phi) is 9.83. The highest BCUT2D eigenvalue weighted by atomic mass is 35.5. The van der Waals surface area contributed by atoms with Gasteiger partial charge in [0.15, 0.2) is 0 Å². The van der Waals surface area contributed by atoms with E-state index in [0.29, 0.717) is 0 Å². The molecule has 1 aromatic heterocycles. The summed E-state index contributed by atoms with van der Waals surface area (Å²) in [6, 6.07) is 2.96. The Bertz CT molecular complexity index is 567. The SMILES string of the molecule is CN(CC(=O)NC(C)(C)CN)S(=O)(=O)c1cccnc1.Cl.Cl. The van der Waals surface area contributed by atoms with Gasteiger partial charge in [-0.1, -0.05) is 0 Å². The molecule has 0 spiro atoms. The van der Waals surface area contributed by atoms with Crippen molar-refractivity contribution in [3.8, 4) is 0 Å². The molecule has 10 heteroatoms. The summed E-state index contributed by atoms with van der Waals surface area (Å²) in [4.78, 5) is 15.6. The third-order valence-electron chi connectivity index (χ3n) is 2.70. The van der Waals surface area contributed by atoms with Crippen LogP contribution in [0.1, 0.15) is 13.8 Å². The average molecular weight is 373 g/mol. The van der Waals surface area contributed by atoms with Crippen LogP contribution in [0.2, 0.25) is 0 Å². The number of hydrogen-bond donors (Lipinski definition) is 2. The van der Waals surface area contributed by atoms with Gasteiger partial charge >= 0.3 is 0 Å². The highest BCUT2D eigenvalue weighted by Gasteiger charge is 2.25. The number of carbonyl (C=O) groups excluding carboxylic acids is 1. The first-order valence-electron chi connectivity index (χ1n) is 6.06. The van der Waals surface area contributed by atoms with Gasteiger partial charge in [0.1, 0.15) is 4.90 Å². The molecule has 7 nitrogen and oxygen atoms in total. The van der Waals surface area contributed by atoms with Crippen LogP contribution in [0.5, 0.6) is 0 Å². The predicted octanol–water partition coefficient (Wildman–Crippen LogP) is 0.399. The van der Waals surface area contributed by atoms with Gasteiger partial charge in [0.05, 0.1) is 6.54 Å². The van der Waals surface area contributed by atoms with Crippen LogP contribution in [0.15, 0.2) is 29.4 Å². The Balaban J connectivity index is 0. The van der Waals surface area contributed by atoms with Crippen LogP contribution in [-0.4, -0.2) is 49.3 Å². The maximum absolute atomic E-state index is 12.2. The van der Waals surface area contributed by atoms with Crippen LogP contribution in [0.25, 0.3) is 0 Å². The number of aromatic nitrogens is 1. The van der Waals surface area contributed by atoms with Crippen molar-refractivity contribution in [3.63, 3.8) is 0 Å². The lowest BCUT2D eigenvalue weighted by Crippen LogP contribution is -2.51. The summed E-state index contributed by atoms with van der Waals surface area (Å²) < 4.78 is 25.3. The largest absolute Gasteiger partial charge is 0.349 e. The van der Waals surface area contributed by atoms with Crippen molar-refractivity contribution in [2.24, 2.45) is 5.73 Å². The zero-order valence-corrected chi connectivity index (χ0v) is 15.1. The van der Waals surface area contributed by atoms with Crippen LogP contribution >= 0.6 is 24.8 Å². The first-order valence-corrected chi connectivity index (χ1v) is 7.50. The van der Waals surface area contributed by atoms with Crippen LogP contribution in [-0.2, 0) is 14.8 Å². The molecule has 0 aromatic carbocycles. The van der Waals surface area contributed by atoms with E-state index in [-0.39, 0.29) is 42.8 Å². The molecule has 128 valence electrons.